The monoisotopic (exact) mass is 363 g/mol. The van der Waals surface area contributed by atoms with E-state index in [-0.39, 0.29) is 30.4 Å². The highest BCUT2D eigenvalue weighted by molar-refractivity contribution is 5.79. The van der Waals surface area contributed by atoms with E-state index < -0.39 is 0 Å². The zero-order valence-corrected chi connectivity index (χ0v) is 15.5. The lowest BCUT2D eigenvalue weighted by Crippen LogP contribution is -2.37. The van der Waals surface area contributed by atoms with Crippen LogP contribution in [0.1, 0.15) is 38.2 Å². The molecular formula is C19H29N3O4. The first kappa shape index (κ1) is 20.0. The summed E-state index contributed by atoms with van der Waals surface area (Å²) in [5, 5.41) is 5.64. The summed E-state index contributed by atoms with van der Waals surface area (Å²) in [6.07, 6.45) is 3.65. The largest absolute Gasteiger partial charge is 0.493 e. The summed E-state index contributed by atoms with van der Waals surface area (Å²) >= 11 is 0. The van der Waals surface area contributed by atoms with Crippen molar-refractivity contribution in [1.82, 2.24) is 10.6 Å². The van der Waals surface area contributed by atoms with Gasteiger partial charge in [0.2, 0.25) is 5.91 Å². The Morgan fingerprint density at radius 2 is 2.04 bits per heavy atom. The van der Waals surface area contributed by atoms with E-state index in [2.05, 4.69) is 10.6 Å². The fraction of sp³-hybridized carbons (Fsp3) is 0.579. The van der Waals surface area contributed by atoms with Gasteiger partial charge in [-0.1, -0.05) is 12.5 Å². The molecule has 7 heteroatoms. The van der Waals surface area contributed by atoms with Gasteiger partial charge >= 0.3 is 0 Å². The van der Waals surface area contributed by atoms with E-state index >= 15 is 0 Å². The number of amides is 2. The molecule has 2 unspecified atom stereocenters. The van der Waals surface area contributed by atoms with Crippen molar-refractivity contribution >= 4 is 11.8 Å². The highest BCUT2D eigenvalue weighted by Gasteiger charge is 2.25. The minimum atomic E-state index is -0.184. The van der Waals surface area contributed by atoms with Gasteiger partial charge in [0.05, 0.1) is 7.11 Å². The molecule has 0 saturated heterocycles. The van der Waals surface area contributed by atoms with Crippen molar-refractivity contribution in [3.05, 3.63) is 23.8 Å². The third-order valence-corrected chi connectivity index (χ3v) is 4.51. The van der Waals surface area contributed by atoms with Crippen LogP contribution in [-0.2, 0) is 16.1 Å². The second kappa shape index (κ2) is 10.0. The molecule has 26 heavy (non-hydrogen) atoms. The number of hydrogen-bond donors (Lipinski definition) is 3. The van der Waals surface area contributed by atoms with Gasteiger partial charge in [0.15, 0.2) is 18.1 Å². The smallest absolute Gasteiger partial charge is 0.257 e. The summed E-state index contributed by atoms with van der Waals surface area (Å²) in [7, 11) is 1.54. The lowest BCUT2D eigenvalue weighted by Gasteiger charge is -2.25. The molecule has 0 aliphatic heterocycles. The third-order valence-electron chi connectivity index (χ3n) is 4.51. The number of benzene rings is 1. The molecule has 1 aliphatic rings. The molecule has 1 aromatic carbocycles. The number of nitrogens with one attached hydrogen (secondary N) is 2. The lowest BCUT2D eigenvalue weighted by atomic mass is 9.85. The van der Waals surface area contributed by atoms with Gasteiger partial charge in [-0.25, -0.2) is 0 Å². The number of rotatable bonds is 8. The predicted octanol–water partition coefficient (Wildman–Crippen LogP) is 1.34. The van der Waals surface area contributed by atoms with E-state index in [0.717, 1.165) is 31.2 Å². The minimum absolute atomic E-state index is 0.000306. The molecule has 4 N–H and O–H groups in total. The number of nitrogens with two attached hydrogens (primary N) is 1. The van der Waals surface area contributed by atoms with Crippen LogP contribution >= 0.6 is 0 Å². The molecule has 144 valence electrons. The Morgan fingerprint density at radius 1 is 1.23 bits per heavy atom. The van der Waals surface area contributed by atoms with Crippen LogP contribution in [0.15, 0.2) is 18.2 Å². The molecule has 0 aromatic heterocycles. The highest BCUT2D eigenvalue weighted by Crippen LogP contribution is 2.28. The second-order valence-electron chi connectivity index (χ2n) is 6.57. The van der Waals surface area contributed by atoms with Crippen molar-refractivity contribution in [2.75, 3.05) is 20.3 Å². The average molecular weight is 363 g/mol. The van der Waals surface area contributed by atoms with Crippen molar-refractivity contribution in [3.8, 4) is 11.5 Å². The van der Waals surface area contributed by atoms with Crippen molar-refractivity contribution in [2.24, 2.45) is 11.7 Å². The van der Waals surface area contributed by atoms with Crippen LogP contribution in [0.5, 0.6) is 11.5 Å². The molecule has 0 bridgehead atoms. The quantitative estimate of drug-likeness (QED) is 0.647. The van der Waals surface area contributed by atoms with Crippen LogP contribution in [0.4, 0.5) is 0 Å². The first-order valence-electron chi connectivity index (χ1n) is 9.13. The van der Waals surface area contributed by atoms with E-state index in [1.54, 1.807) is 19.2 Å². The maximum atomic E-state index is 12.3. The number of carbonyl (C=O) groups is 2. The van der Waals surface area contributed by atoms with Crippen molar-refractivity contribution in [2.45, 2.75) is 45.2 Å². The van der Waals surface area contributed by atoms with Gasteiger partial charge in [-0.3, -0.25) is 9.59 Å². The average Bonchev–Trinajstić information content (AvgIpc) is 2.64. The normalized spacial score (nSPS) is 19.5. The molecule has 7 nitrogen and oxygen atoms in total. The third kappa shape index (κ3) is 5.91. The Hall–Kier alpha value is -2.28. The zero-order chi connectivity index (χ0) is 18.9. The molecule has 2 amide bonds. The van der Waals surface area contributed by atoms with E-state index in [1.807, 2.05) is 13.0 Å². The lowest BCUT2D eigenvalue weighted by molar-refractivity contribution is -0.126. The molecule has 0 heterocycles. The van der Waals surface area contributed by atoms with Gasteiger partial charge in [0.25, 0.3) is 5.91 Å². The van der Waals surface area contributed by atoms with Gasteiger partial charge in [-0.05, 0) is 43.9 Å². The van der Waals surface area contributed by atoms with Crippen molar-refractivity contribution in [1.29, 1.82) is 0 Å². The number of carbonyl (C=O) groups excluding carboxylic acids is 2. The molecule has 2 rings (SSSR count). The standard InChI is InChI=1S/C19H29N3O4/c1-3-21-18(23)12-26-16-8-7-13(9-17(16)25-2)11-22-19(24)14-5-4-6-15(20)10-14/h7-9,14-15H,3-6,10-12,20H2,1-2H3,(H,21,23)(H,22,24). The van der Waals surface area contributed by atoms with Crippen LogP contribution in [0.25, 0.3) is 0 Å². The number of hydrogen-bond acceptors (Lipinski definition) is 5. The second-order valence-corrected chi connectivity index (χ2v) is 6.57. The SMILES string of the molecule is CCNC(=O)COc1ccc(CNC(=O)C2CCCC(N)C2)cc1OC. The molecule has 0 radical (unpaired) electrons. The molecule has 0 spiro atoms. The van der Waals surface area contributed by atoms with Gasteiger partial charge in [-0.15, -0.1) is 0 Å². The highest BCUT2D eigenvalue weighted by atomic mass is 16.5. The summed E-state index contributed by atoms with van der Waals surface area (Å²) < 4.78 is 10.8. The fourth-order valence-corrected chi connectivity index (χ4v) is 3.13. The molecule has 1 fully saturated rings. The van der Waals surface area contributed by atoms with Crippen LogP contribution in [0.2, 0.25) is 0 Å². The number of ether oxygens (including phenoxy) is 2. The van der Waals surface area contributed by atoms with Gasteiger partial charge in [-0.2, -0.15) is 0 Å². The van der Waals surface area contributed by atoms with E-state index in [1.165, 1.54) is 0 Å². The fourth-order valence-electron chi connectivity index (χ4n) is 3.13. The Bertz CT molecular complexity index is 621. The van der Waals surface area contributed by atoms with Gasteiger partial charge < -0.3 is 25.8 Å². The molecule has 1 saturated carbocycles. The van der Waals surface area contributed by atoms with Crippen molar-refractivity contribution < 1.29 is 19.1 Å². The first-order valence-corrected chi connectivity index (χ1v) is 9.13. The van der Waals surface area contributed by atoms with E-state index in [0.29, 0.717) is 24.6 Å². The first-order chi connectivity index (χ1) is 12.5. The summed E-state index contributed by atoms with van der Waals surface area (Å²) in [4.78, 5) is 23.8. The molecule has 2 atom stereocenters. The van der Waals surface area contributed by atoms with Crippen molar-refractivity contribution in [3.63, 3.8) is 0 Å². The van der Waals surface area contributed by atoms with E-state index in [4.69, 9.17) is 15.2 Å². The van der Waals surface area contributed by atoms with Crippen LogP contribution in [0.3, 0.4) is 0 Å². The maximum Gasteiger partial charge on any atom is 0.257 e. The molecular weight excluding hydrogens is 334 g/mol. The maximum absolute atomic E-state index is 12.3. The summed E-state index contributed by atoms with van der Waals surface area (Å²) in [5.41, 5.74) is 6.86. The summed E-state index contributed by atoms with van der Waals surface area (Å²) in [5.74, 6) is 0.889. The summed E-state index contributed by atoms with van der Waals surface area (Å²) in [6, 6.07) is 5.53. The van der Waals surface area contributed by atoms with Gasteiger partial charge in [0, 0.05) is 25.0 Å². The van der Waals surface area contributed by atoms with E-state index in [9.17, 15) is 9.59 Å². The molecule has 1 aliphatic carbocycles. The topological polar surface area (TPSA) is 103 Å². The predicted molar refractivity (Wildman–Crippen MR) is 99.0 cm³/mol. The molecule has 1 aromatic rings. The minimum Gasteiger partial charge on any atom is -0.493 e. The Morgan fingerprint density at radius 3 is 2.73 bits per heavy atom. The van der Waals surface area contributed by atoms with Crippen LogP contribution < -0.4 is 25.8 Å². The Balaban J connectivity index is 1.89. The summed E-state index contributed by atoms with van der Waals surface area (Å²) in [6.45, 7) is 2.76. The van der Waals surface area contributed by atoms with Gasteiger partial charge in [0.1, 0.15) is 0 Å². The Kier molecular flexibility index (Phi) is 7.72. The van der Waals surface area contributed by atoms with Crippen LogP contribution in [-0.4, -0.2) is 38.1 Å². The van der Waals surface area contributed by atoms with Crippen LogP contribution in [0, 0.1) is 5.92 Å². The number of methoxy groups -OCH3 is 1. The zero-order valence-electron chi connectivity index (χ0n) is 15.5. The Labute approximate surface area is 154 Å². The number of likely N-dealkylation sites (N-methyl/N-ethyl adjacent to an activating group) is 1.